The quantitative estimate of drug-likeness (QED) is 0.863. The molecule has 1 N–H and O–H groups in total. The van der Waals surface area contributed by atoms with Crippen LogP contribution in [0.1, 0.15) is 16.1 Å². The third-order valence-electron chi connectivity index (χ3n) is 2.10. The van der Waals surface area contributed by atoms with Crippen molar-refractivity contribution < 1.29 is 23.1 Å². The second-order valence-corrected chi connectivity index (χ2v) is 4.47. The average Bonchev–Trinajstić information content (AvgIpc) is 2.73. The number of halogens is 2. The highest BCUT2D eigenvalue weighted by Crippen LogP contribution is 2.25. The van der Waals surface area contributed by atoms with Crippen molar-refractivity contribution >= 4 is 17.7 Å². The Morgan fingerprint density at radius 3 is 2.44 bits per heavy atom. The number of hydrogen-bond acceptors (Lipinski definition) is 3. The van der Waals surface area contributed by atoms with Crippen LogP contribution in [0.4, 0.5) is 8.78 Å². The maximum absolute atomic E-state index is 12.9. The van der Waals surface area contributed by atoms with E-state index < -0.39 is 17.6 Å². The Morgan fingerprint density at radius 2 is 1.89 bits per heavy atom. The van der Waals surface area contributed by atoms with Gasteiger partial charge in [0.1, 0.15) is 11.6 Å². The van der Waals surface area contributed by atoms with E-state index in [1.165, 1.54) is 36.0 Å². The maximum atomic E-state index is 12.9. The number of carboxylic acids is 1. The number of benzene rings is 1. The predicted octanol–water partition coefficient (Wildman–Crippen LogP) is 3.55. The van der Waals surface area contributed by atoms with E-state index in [0.717, 1.165) is 6.07 Å². The van der Waals surface area contributed by atoms with Gasteiger partial charge in [0.05, 0.1) is 0 Å². The molecule has 1 aromatic heterocycles. The Balaban J connectivity index is 2.04. The number of hydrogen-bond donors (Lipinski definition) is 1. The van der Waals surface area contributed by atoms with Crippen LogP contribution in [0.3, 0.4) is 0 Å². The summed E-state index contributed by atoms with van der Waals surface area (Å²) in [6.07, 6.45) is 0. The monoisotopic (exact) mass is 270 g/mol. The molecule has 18 heavy (non-hydrogen) atoms. The molecule has 0 atom stereocenters. The molecule has 3 nitrogen and oxygen atoms in total. The van der Waals surface area contributed by atoms with Crippen molar-refractivity contribution in [2.75, 3.05) is 0 Å². The lowest BCUT2D eigenvalue weighted by Gasteiger charge is -2.00. The topological polar surface area (TPSA) is 50.4 Å². The Hall–Kier alpha value is -1.82. The van der Waals surface area contributed by atoms with Crippen LogP contribution in [-0.4, -0.2) is 11.1 Å². The van der Waals surface area contributed by atoms with Gasteiger partial charge in [-0.3, -0.25) is 0 Å². The fraction of sp³-hybridized carbons (Fsp3) is 0.0833. The first-order valence-corrected chi connectivity index (χ1v) is 5.94. The third kappa shape index (κ3) is 3.10. The van der Waals surface area contributed by atoms with Crippen molar-refractivity contribution in [3.8, 4) is 0 Å². The van der Waals surface area contributed by atoms with Gasteiger partial charge in [0.2, 0.25) is 5.76 Å². The summed E-state index contributed by atoms with van der Waals surface area (Å²) in [5.41, 5.74) is 0.464. The normalized spacial score (nSPS) is 10.6. The molecular formula is C12H8F2O3S. The van der Waals surface area contributed by atoms with Crippen LogP contribution in [0, 0.1) is 11.6 Å². The van der Waals surface area contributed by atoms with Gasteiger partial charge in [-0.1, -0.05) is 11.8 Å². The fourth-order valence-electron chi connectivity index (χ4n) is 1.36. The predicted molar refractivity (Wildman–Crippen MR) is 61.6 cm³/mol. The highest BCUT2D eigenvalue weighted by Gasteiger charge is 2.09. The lowest BCUT2D eigenvalue weighted by Crippen LogP contribution is -1.91. The van der Waals surface area contributed by atoms with Gasteiger partial charge in [0.15, 0.2) is 5.09 Å². The molecule has 1 aromatic carbocycles. The molecule has 0 aliphatic carbocycles. The van der Waals surface area contributed by atoms with Gasteiger partial charge in [-0.2, -0.15) is 0 Å². The zero-order valence-electron chi connectivity index (χ0n) is 9.02. The summed E-state index contributed by atoms with van der Waals surface area (Å²) in [4.78, 5) is 10.6. The van der Waals surface area contributed by atoms with E-state index in [9.17, 15) is 13.6 Å². The Kier molecular flexibility index (Phi) is 3.66. The number of aromatic carboxylic acids is 1. The summed E-state index contributed by atoms with van der Waals surface area (Å²) in [5, 5.41) is 9.04. The van der Waals surface area contributed by atoms with Gasteiger partial charge in [-0.15, -0.1) is 0 Å². The van der Waals surface area contributed by atoms with Crippen LogP contribution in [0.2, 0.25) is 0 Å². The molecule has 2 aromatic rings. The van der Waals surface area contributed by atoms with Gasteiger partial charge in [-0.25, -0.2) is 13.6 Å². The zero-order valence-corrected chi connectivity index (χ0v) is 9.84. The van der Waals surface area contributed by atoms with Crippen molar-refractivity contribution in [3.63, 3.8) is 0 Å². The van der Waals surface area contributed by atoms with E-state index in [1.54, 1.807) is 0 Å². The van der Waals surface area contributed by atoms with E-state index in [-0.39, 0.29) is 5.76 Å². The van der Waals surface area contributed by atoms with E-state index >= 15 is 0 Å². The molecule has 0 amide bonds. The number of furan rings is 1. The highest BCUT2D eigenvalue weighted by atomic mass is 32.2. The number of thioether (sulfide) groups is 1. The Morgan fingerprint density at radius 1 is 1.22 bits per heavy atom. The van der Waals surface area contributed by atoms with Crippen molar-refractivity contribution in [2.45, 2.75) is 10.8 Å². The molecule has 1 heterocycles. The number of carbonyl (C=O) groups is 1. The Bertz CT molecular complexity index is 560. The minimum Gasteiger partial charge on any atom is -0.475 e. The molecule has 0 bridgehead atoms. The molecule has 2 rings (SSSR count). The van der Waals surface area contributed by atoms with Crippen LogP contribution in [0.5, 0.6) is 0 Å². The molecule has 0 aliphatic rings. The summed E-state index contributed by atoms with van der Waals surface area (Å²) in [6.45, 7) is 0. The van der Waals surface area contributed by atoms with Gasteiger partial charge < -0.3 is 9.52 Å². The van der Waals surface area contributed by atoms with Gasteiger partial charge >= 0.3 is 5.97 Å². The summed E-state index contributed by atoms with van der Waals surface area (Å²) in [6, 6.07) is 6.07. The third-order valence-corrected chi connectivity index (χ3v) is 3.08. The smallest absolute Gasteiger partial charge is 0.371 e. The van der Waals surface area contributed by atoms with E-state index in [2.05, 4.69) is 0 Å². The number of carboxylic acid groups (broad SMARTS) is 1. The van der Waals surface area contributed by atoms with Crippen LogP contribution in [0.25, 0.3) is 0 Å². The van der Waals surface area contributed by atoms with Crippen molar-refractivity contribution in [1.29, 1.82) is 0 Å². The molecule has 0 unspecified atom stereocenters. The average molecular weight is 270 g/mol. The van der Waals surface area contributed by atoms with Crippen LogP contribution in [-0.2, 0) is 5.75 Å². The molecule has 0 radical (unpaired) electrons. The lowest BCUT2D eigenvalue weighted by atomic mass is 10.2. The molecule has 94 valence electrons. The first-order chi connectivity index (χ1) is 8.54. The molecular weight excluding hydrogens is 262 g/mol. The van der Waals surface area contributed by atoms with Crippen molar-refractivity contribution in [3.05, 3.63) is 53.3 Å². The van der Waals surface area contributed by atoms with Gasteiger partial charge in [0, 0.05) is 11.8 Å². The molecule has 6 heteroatoms. The molecule has 0 saturated carbocycles. The first-order valence-electron chi connectivity index (χ1n) is 4.95. The van der Waals surface area contributed by atoms with Gasteiger partial charge in [-0.05, 0) is 29.8 Å². The minimum atomic E-state index is -1.15. The van der Waals surface area contributed by atoms with E-state index in [4.69, 9.17) is 9.52 Å². The van der Waals surface area contributed by atoms with Crippen LogP contribution in [0.15, 0.2) is 39.8 Å². The molecule has 0 aliphatic heterocycles. The summed E-state index contributed by atoms with van der Waals surface area (Å²) >= 11 is 1.17. The largest absolute Gasteiger partial charge is 0.475 e. The second kappa shape index (κ2) is 5.22. The maximum Gasteiger partial charge on any atom is 0.371 e. The lowest BCUT2D eigenvalue weighted by molar-refractivity contribution is 0.0656. The Labute approximate surface area is 105 Å². The van der Waals surface area contributed by atoms with Gasteiger partial charge in [0.25, 0.3) is 0 Å². The van der Waals surface area contributed by atoms with Crippen molar-refractivity contribution in [2.24, 2.45) is 0 Å². The summed E-state index contributed by atoms with van der Waals surface area (Å²) in [7, 11) is 0. The number of rotatable bonds is 4. The first kappa shape index (κ1) is 12.6. The fourth-order valence-corrected chi connectivity index (χ4v) is 2.15. The van der Waals surface area contributed by atoms with E-state index in [1.807, 2.05) is 0 Å². The highest BCUT2D eigenvalue weighted by molar-refractivity contribution is 7.98. The standard InChI is InChI=1S/C12H8F2O3S/c13-8-3-7(4-9(14)5-8)6-18-11-2-1-10(17-11)12(15)16/h1-5H,6H2,(H,15,16). The van der Waals surface area contributed by atoms with Crippen LogP contribution < -0.4 is 0 Å². The van der Waals surface area contributed by atoms with E-state index in [0.29, 0.717) is 16.4 Å². The summed E-state index contributed by atoms with van der Waals surface area (Å²) in [5.74, 6) is -2.31. The zero-order chi connectivity index (χ0) is 13.1. The minimum absolute atomic E-state index is 0.164. The SMILES string of the molecule is O=C(O)c1ccc(SCc2cc(F)cc(F)c2)o1. The van der Waals surface area contributed by atoms with Crippen molar-refractivity contribution in [1.82, 2.24) is 0 Å². The molecule has 0 spiro atoms. The second-order valence-electron chi connectivity index (χ2n) is 3.49. The molecule has 0 saturated heterocycles. The van der Waals surface area contributed by atoms with Crippen LogP contribution >= 0.6 is 11.8 Å². The molecule has 0 fully saturated rings. The summed E-state index contributed by atoms with van der Waals surface area (Å²) < 4.78 is 30.8.